The van der Waals surface area contributed by atoms with Crippen LogP contribution in [-0.2, 0) is 9.53 Å². The zero-order chi connectivity index (χ0) is 14.0. The SMILES string of the molecule is COCC1CCN(C(=O)C2CC(N)C(C)CC2C)C1. The molecule has 1 saturated carbocycles. The highest BCUT2D eigenvalue weighted by atomic mass is 16.5. The lowest BCUT2D eigenvalue weighted by Crippen LogP contribution is -2.46. The topological polar surface area (TPSA) is 55.6 Å². The number of carbonyl (C=O) groups is 1. The molecule has 2 aliphatic rings. The predicted molar refractivity (Wildman–Crippen MR) is 75.6 cm³/mol. The molecule has 0 radical (unpaired) electrons. The smallest absolute Gasteiger partial charge is 0.226 e. The average Bonchev–Trinajstić information content (AvgIpc) is 2.82. The minimum Gasteiger partial charge on any atom is -0.384 e. The Balaban J connectivity index is 1.92. The summed E-state index contributed by atoms with van der Waals surface area (Å²) in [5.41, 5.74) is 6.15. The third-order valence-corrected chi connectivity index (χ3v) is 5.00. The Labute approximate surface area is 116 Å². The Morgan fingerprint density at radius 2 is 2.05 bits per heavy atom. The number of hydrogen-bond donors (Lipinski definition) is 1. The van der Waals surface area contributed by atoms with Crippen LogP contribution >= 0.6 is 0 Å². The Hall–Kier alpha value is -0.610. The van der Waals surface area contributed by atoms with Gasteiger partial charge in [-0.05, 0) is 31.1 Å². The minimum absolute atomic E-state index is 0.132. The Morgan fingerprint density at radius 1 is 1.32 bits per heavy atom. The summed E-state index contributed by atoms with van der Waals surface area (Å²) in [5.74, 6) is 1.98. The number of ether oxygens (including phenoxy) is 1. The van der Waals surface area contributed by atoms with E-state index in [0.29, 0.717) is 23.7 Å². The molecule has 0 bridgehead atoms. The van der Waals surface area contributed by atoms with Gasteiger partial charge in [0, 0.05) is 38.1 Å². The first-order valence-electron chi connectivity index (χ1n) is 7.56. The molecule has 0 spiro atoms. The van der Waals surface area contributed by atoms with Crippen LogP contribution in [0.3, 0.4) is 0 Å². The fraction of sp³-hybridized carbons (Fsp3) is 0.933. The van der Waals surface area contributed by atoms with E-state index in [0.717, 1.165) is 39.0 Å². The maximum atomic E-state index is 12.6. The first kappa shape index (κ1) is 14.8. The predicted octanol–water partition coefficient (Wildman–Crippen LogP) is 1.49. The van der Waals surface area contributed by atoms with Crippen molar-refractivity contribution in [3.8, 4) is 0 Å². The second-order valence-corrected chi connectivity index (χ2v) is 6.59. The second-order valence-electron chi connectivity index (χ2n) is 6.59. The summed E-state index contributed by atoms with van der Waals surface area (Å²) in [6, 6.07) is 0.183. The molecule has 5 atom stereocenters. The molecule has 2 rings (SSSR count). The van der Waals surface area contributed by atoms with Gasteiger partial charge in [-0.3, -0.25) is 4.79 Å². The van der Waals surface area contributed by atoms with E-state index in [9.17, 15) is 4.79 Å². The Morgan fingerprint density at radius 3 is 2.74 bits per heavy atom. The summed E-state index contributed by atoms with van der Waals surface area (Å²) < 4.78 is 5.19. The molecule has 110 valence electrons. The molecule has 1 amide bonds. The Bertz CT molecular complexity index is 321. The maximum absolute atomic E-state index is 12.6. The third-order valence-electron chi connectivity index (χ3n) is 5.00. The molecule has 1 heterocycles. The van der Waals surface area contributed by atoms with Crippen molar-refractivity contribution in [3.05, 3.63) is 0 Å². The lowest BCUT2D eigenvalue weighted by Gasteiger charge is -2.37. The standard InChI is InChI=1S/C15H28N2O2/c1-10-6-11(2)14(16)7-13(10)15(18)17-5-4-12(8-17)9-19-3/h10-14H,4-9,16H2,1-3H3. The first-order chi connectivity index (χ1) is 9.02. The van der Waals surface area contributed by atoms with E-state index in [1.807, 2.05) is 4.90 Å². The van der Waals surface area contributed by atoms with Crippen LogP contribution in [0.25, 0.3) is 0 Å². The fourth-order valence-corrected chi connectivity index (χ4v) is 3.67. The van der Waals surface area contributed by atoms with Crippen molar-refractivity contribution in [2.75, 3.05) is 26.8 Å². The van der Waals surface area contributed by atoms with Gasteiger partial charge in [-0.1, -0.05) is 13.8 Å². The van der Waals surface area contributed by atoms with Gasteiger partial charge in [-0.2, -0.15) is 0 Å². The van der Waals surface area contributed by atoms with Crippen LogP contribution in [0, 0.1) is 23.7 Å². The fourth-order valence-electron chi connectivity index (χ4n) is 3.67. The zero-order valence-corrected chi connectivity index (χ0v) is 12.5. The molecule has 19 heavy (non-hydrogen) atoms. The summed E-state index contributed by atoms with van der Waals surface area (Å²) in [6.07, 6.45) is 3.00. The average molecular weight is 268 g/mol. The van der Waals surface area contributed by atoms with Crippen molar-refractivity contribution >= 4 is 5.91 Å². The van der Waals surface area contributed by atoms with Gasteiger partial charge in [0.05, 0.1) is 6.61 Å². The van der Waals surface area contributed by atoms with Crippen molar-refractivity contribution in [2.24, 2.45) is 29.4 Å². The van der Waals surface area contributed by atoms with Crippen LogP contribution in [-0.4, -0.2) is 43.7 Å². The largest absolute Gasteiger partial charge is 0.384 e. The maximum Gasteiger partial charge on any atom is 0.226 e. The van der Waals surface area contributed by atoms with Gasteiger partial charge >= 0.3 is 0 Å². The molecular formula is C15H28N2O2. The molecule has 4 nitrogen and oxygen atoms in total. The molecule has 0 aromatic heterocycles. The molecule has 5 unspecified atom stereocenters. The molecule has 0 aromatic carbocycles. The Kier molecular flexibility index (Phi) is 4.85. The molecule has 2 fully saturated rings. The number of nitrogens with zero attached hydrogens (tertiary/aromatic N) is 1. The molecule has 4 heteroatoms. The summed E-state index contributed by atoms with van der Waals surface area (Å²) in [6.45, 7) is 6.92. The van der Waals surface area contributed by atoms with E-state index in [1.54, 1.807) is 7.11 Å². The normalized spacial score (nSPS) is 39.6. The van der Waals surface area contributed by atoms with Gasteiger partial charge in [0.25, 0.3) is 0 Å². The summed E-state index contributed by atoms with van der Waals surface area (Å²) >= 11 is 0. The summed E-state index contributed by atoms with van der Waals surface area (Å²) in [5, 5.41) is 0. The van der Waals surface area contributed by atoms with E-state index < -0.39 is 0 Å². The molecule has 1 aliphatic heterocycles. The monoisotopic (exact) mass is 268 g/mol. The van der Waals surface area contributed by atoms with Gasteiger partial charge in [0.1, 0.15) is 0 Å². The van der Waals surface area contributed by atoms with Gasteiger partial charge in [-0.25, -0.2) is 0 Å². The van der Waals surface area contributed by atoms with Crippen LogP contribution < -0.4 is 5.73 Å². The lowest BCUT2D eigenvalue weighted by molar-refractivity contribution is -0.138. The lowest BCUT2D eigenvalue weighted by atomic mass is 9.72. The third kappa shape index (κ3) is 3.29. The van der Waals surface area contributed by atoms with Crippen molar-refractivity contribution in [2.45, 2.75) is 39.2 Å². The van der Waals surface area contributed by atoms with Gasteiger partial charge in [-0.15, -0.1) is 0 Å². The molecule has 0 aromatic rings. The van der Waals surface area contributed by atoms with E-state index in [4.69, 9.17) is 10.5 Å². The molecule has 1 aliphatic carbocycles. The number of carbonyl (C=O) groups excluding carboxylic acids is 1. The van der Waals surface area contributed by atoms with Crippen LogP contribution in [0.15, 0.2) is 0 Å². The number of methoxy groups -OCH3 is 1. The summed E-state index contributed by atoms with van der Waals surface area (Å²) in [4.78, 5) is 14.7. The van der Waals surface area contributed by atoms with E-state index >= 15 is 0 Å². The molecule has 2 N–H and O–H groups in total. The first-order valence-corrected chi connectivity index (χ1v) is 7.56. The van der Waals surface area contributed by atoms with Crippen LogP contribution in [0.2, 0.25) is 0 Å². The van der Waals surface area contributed by atoms with Crippen molar-refractivity contribution in [1.29, 1.82) is 0 Å². The highest BCUT2D eigenvalue weighted by Gasteiger charge is 2.38. The van der Waals surface area contributed by atoms with E-state index in [1.165, 1.54) is 0 Å². The molecule has 1 saturated heterocycles. The van der Waals surface area contributed by atoms with Crippen LogP contribution in [0.1, 0.15) is 33.1 Å². The molecular weight excluding hydrogens is 240 g/mol. The van der Waals surface area contributed by atoms with Gasteiger partial charge < -0.3 is 15.4 Å². The van der Waals surface area contributed by atoms with Crippen LogP contribution in [0.5, 0.6) is 0 Å². The minimum atomic E-state index is 0.132. The quantitative estimate of drug-likeness (QED) is 0.843. The van der Waals surface area contributed by atoms with Crippen molar-refractivity contribution in [1.82, 2.24) is 4.90 Å². The number of nitrogens with two attached hydrogens (primary N) is 1. The van der Waals surface area contributed by atoms with Crippen LogP contribution in [0.4, 0.5) is 0 Å². The highest BCUT2D eigenvalue weighted by molar-refractivity contribution is 5.79. The number of hydrogen-bond acceptors (Lipinski definition) is 3. The highest BCUT2D eigenvalue weighted by Crippen LogP contribution is 2.35. The number of rotatable bonds is 3. The van der Waals surface area contributed by atoms with Gasteiger partial charge in [0.2, 0.25) is 5.91 Å². The van der Waals surface area contributed by atoms with E-state index in [2.05, 4.69) is 13.8 Å². The van der Waals surface area contributed by atoms with E-state index in [-0.39, 0.29) is 12.0 Å². The van der Waals surface area contributed by atoms with Crippen molar-refractivity contribution in [3.63, 3.8) is 0 Å². The number of amides is 1. The van der Waals surface area contributed by atoms with Crippen molar-refractivity contribution < 1.29 is 9.53 Å². The van der Waals surface area contributed by atoms with Gasteiger partial charge in [0.15, 0.2) is 0 Å². The second kappa shape index (κ2) is 6.23. The zero-order valence-electron chi connectivity index (χ0n) is 12.5. The summed E-state index contributed by atoms with van der Waals surface area (Å²) in [7, 11) is 1.73. The number of likely N-dealkylation sites (tertiary alicyclic amines) is 1.